The lowest BCUT2D eigenvalue weighted by atomic mass is 10.2. The van der Waals surface area contributed by atoms with Gasteiger partial charge >= 0.3 is 12.0 Å². The number of hydrogen-bond donors (Lipinski definition) is 3. The Morgan fingerprint density at radius 1 is 0.966 bits per heavy atom. The minimum absolute atomic E-state index is 0.291. The number of nitrogens with zero attached hydrogens (tertiary/aromatic N) is 2. The molecule has 0 bridgehead atoms. The molecule has 29 heavy (non-hydrogen) atoms. The van der Waals surface area contributed by atoms with Crippen LogP contribution < -0.4 is 21.1 Å². The smallest absolute Gasteiger partial charge is 0.337 e. The van der Waals surface area contributed by atoms with Crippen molar-refractivity contribution in [1.82, 2.24) is 5.32 Å². The van der Waals surface area contributed by atoms with Crippen LogP contribution in [0, 0.1) is 22.7 Å². The summed E-state index contributed by atoms with van der Waals surface area (Å²) < 4.78 is 9.55. The van der Waals surface area contributed by atoms with Gasteiger partial charge in [-0.1, -0.05) is 30.3 Å². The van der Waals surface area contributed by atoms with Crippen LogP contribution in [0.4, 0.5) is 10.5 Å². The molecule has 9 nitrogen and oxygen atoms in total. The van der Waals surface area contributed by atoms with Gasteiger partial charge in [-0.3, -0.25) is 5.32 Å². The normalized spacial score (nSPS) is 9.93. The number of hydrogen-bond acceptors (Lipinski definition) is 7. The first-order valence-electron chi connectivity index (χ1n) is 8.11. The number of para-hydroxylation sites is 2. The SMILES string of the molecule is COC(=O)c1ccccc1.COc1ccccc1NC(=O)N/C(C#N)=C(\N)C#N. The number of nitrogens with two attached hydrogens (primary N) is 1. The number of urea groups is 1. The van der Waals surface area contributed by atoms with Gasteiger partial charge in [0.05, 0.1) is 25.5 Å². The Kier molecular flexibility index (Phi) is 9.32. The number of allylic oxidation sites excluding steroid dienone is 2. The molecule has 0 aliphatic carbocycles. The van der Waals surface area contributed by atoms with Crippen LogP contribution in [0.5, 0.6) is 5.75 Å². The number of amides is 2. The number of carbonyl (C=O) groups excluding carboxylic acids is 2. The average molecular weight is 393 g/mol. The Morgan fingerprint density at radius 3 is 2.14 bits per heavy atom. The number of carbonyl (C=O) groups is 2. The van der Waals surface area contributed by atoms with E-state index in [0.29, 0.717) is 17.0 Å². The second kappa shape index (κ2) is 12.0. The Labute approximate surface area is 167 Å². The number of nitrogens with one attached hydrogen (secondary N) is 2. The van der Waals surface area contributed by atoms with E-state index in [9.17, 15) is 9.59 Å². The molecule has 0 fully saturated rings. The number of esters is 1. The maximum atomic E-state index is 11.6. The maximum absolute atomic E-state index is 11.6. The van der Waals surface area contributed by atoms with Crippen molar-refractivity contribution in [1.29, 1.82) is 10.5 Å². The molecular formula is C20H19N5O4. The fourth-order valence-corrected chi connectivity index (χ4v) is 1.92. The second-order valence-electron chi connectivity index (χ2n) is 5.15. The molecule has 0 saturated carbocycles. The van der Waals surface area contributed by atoms with Crippen LogP contribution in [0.3, 0.4) is 0 Å². The van der Waals surface area contributed by atoms with Crippen LogP contribution in [0.25, 0.3) is 0 Å². The first-order chi connectivity index (χ1) is 14.0. The molecule has 9 heteroatoms. The van der Waals surface area contributed by atoms with Crippen LogP contribution in [0.2, 0.25) is 0 Å². The minimum atomic E-state index is -0.695. The summed E-state index contributed by atoms with van der Waals surface area (Å²) in [5.41, 5.74) is 5.59. The quantitative estimate of drug-likeness (QED) is 0.533. The summed E-state index contributed by atoms with van der Waals surface area (Å²) in [6.07, 6.45) is 0. The number of nitriles is 2. The van der Waals surface area contributed by atoms with Crippen molar-refractivity contribution in [3.8, 4) is 17.9 Å². The highest BCUT2D eigenvalue weighted by Crippen LogP contribution is 2.22. The summed E-state index contributed by atoms with van der Waals surface area (Å²) in [6, 6.07) is 18.1. The van der Waals surface area contributed by atoms with Crippen LogP contribution in [-0.4, -0.2) is 26.2 Å². The molecule has 0 aliphatic heterocycles. The number of benzene rings is 2. The van der Waals surface area contributed by atoms with Gasteiger partial charge in [-0.15, -0.1) is 0 Å². The largest absolute Gasteiger partial charge is 0.495 e. The summed E-state index contributed by atoms with van der Waals surface area (Å²) in [5, 5.41) is 21.9. The fraction of sp³-hybridized carbons (Fsp3) is 0.100. The Balaban J connectivity index is 0.000000352. The second-order valence-corrected chi connectivity index (χ2v) is 5.15. The van der Waals surface area contributed by atoms with Gasteiger partial charge in [-0.2, -0.15) is 10.5 Å². The van der Waals surface area contributed by atoms with Gasteiger partial charge in [0.25, 0.3) is 0 Å². The summed E-state index contributed by atoms with van der Waals surface area (Å²) >= 11 is 0. The molecule has 148 valence electrons. The standard InChI is InChI=1S/C12H11N5O2.C8H8O2/c1-19-11-5-3-2-4-9(11)16-12(18)17-10(7-14)8(15)6-13;1-10-8(9)7-5-3-2-4-6-7/h2-5H,15H2,1H3,(H2,16,17,18);2-6H,1H3/b10-8-;. The zero-order valence-corrected chi connectivity index (χ0v) is 15.8. The monoisotopic (exact) mass is 393 g/mol. The molecule has 0 heterocycles. The highest BCUT2D eigenvalue weighted by Gasteiger charge is 2.10. The summed E-state index contributed by atoms with van der Waals surface area (Å²) in [4.78, 5) is 22.4. The third kappa shape index (κ3) is 7.33. The van der Waals surface area contributed by atoms with E-state index in [2.05, 4.69) is 15.4 Å². The highest BCUT2D eigenvalue weighted by molar-refractivity contribution is 5.92. The first kappa shape index (κ1) is 22.5. The zero-order chi connectivity index (χ0) is 21.6. The van der Waals surface area contributed by atoms with Gasteiger partial charge in [0, 0.05) is 0 Å². The average Bonchev–Trinajstić information content (AvgIpc) is 2.77. The zero-order valence-electron chi connectivity index (χ0n) is 15.8. The molecule has 4 N–H and O–H groups in total. The van der Waals surface area contributed by atoms with E-state index in [-0.39, 0.29) is 17.4 Å². The van der Waals surface area contributed by atoms with Crippen molar-refractivity contribution < 1.29 is 19.1 Å². The van der Waals surface area contributed by atoms with Gasteiger partial charge in [0.2, 0.25) is 0 Å². The van der Waals surface area contributed by atoms with Gasteiger partial charge < -0.3 is 20.5 Å². The van der Waals surface area contributed by atoms with Gasteiger partial charge in [0.15, 0.2) is 5.70 Å². The van der Waals surface area contributed by atoms with Crippen LogP contribution in [-0.2, 0) is 4.74 Å². The molecule has 2 rings (SSSR count). The van der Waals surface area contributed by atoms with Gasteiger partial charge in [-0.05, 0) is 24.3 Å². The lowest BCUT2D eigenvalue weighted by Gasteiger charge is -2.10. The molecule has 2 aromatic rings. The molecule has 0 aliphatic rings. The number of ether oxygens (including phenoxy) is 2. The van der Waals surface area contributed by atoms with Crippen molar-refractivity contribution in [2.75, 3.05) is 19.5 Å². The Morgan fingerprint density at radius 2 is 1.59 bits per heavy atom. The molecule has 0 unspecified atom stereocenters. The highest BCUT2D eigenvalue weighted by atomic mass is 16.5. The van der Waals surface area contributed by atoms with E-state index in [1.165, 1.54) is 14.2 Å². The van der Waals surface area contributed by atoms with Crippen molar-refractivity contribution in [3.05, 3.63) is 71.6 Å². The lowest BCUT2D eigenvalue weighted by molar-refractivity contribution is 0.0600. The number of anilines is 1. The van der Waals surface area contributed by atoms with E-state index in [0.717, 1.165) is 0 Å². The number of methoxy groups -OCH3 is 2. The number of rotatable bonds is 4. The topological polar surface area (TPSA) is 150 Å². The minimum Gasteiger partial charge on any atom is -0.495 e. The third-order valence-electron chi connectivity index (χ3n) is 3.29. The van der Waals surface area contributed by atoms with Crippen molar-refractivity contribution in [2.24, 2.45) is 5.73 Å². The first-order valence-corrected chi connectivity index (χ1v) is 8.11. The van der Waals surface area contributed by atoms with Gasteiger partial charge in [0.1, 0.15) is 23.6 Å². The molecular weight excluding hydrogens is 374 g/mol. The van der Waals surface area contributed by atoms with E-state index in [1.807, 2.05) is 6.07 Å². The lowest BCUT2D eigenvalue weighted by Crippen LogP contribution is -2.29. The molecule has 2 amide bonds. The summed E-state index contributed by atoms with van der Waals surface area (Å²) in [5.74, 6) is 0.175. The molecule has 0 spiro atoms. The van der Waals surface area contributed by atoms with Crippen molar-refractivity contribution in [2.45, 2.75) is 0 Å². The molecule has 0 aromatic heterocycles. The molecule has 2 aromatic carbocycles. The molecule has 0 radical (unpaired) electrons. The molecule has 0 atom stereocenters. The van der Waals surface area contributed by atoms with E-state index >= 15 is 0 Å². The molecule has 0 saturated heterocycles. The van der Waals surface area contributed by atoms with E-state index in [1.54, 1.807) is 60.7 Å². The Hall–Kier alpha value is -4.50. The van der Waals surface area contributed by atoms with Crippen LogP contribution in [0.15, 0.2) is 66.0 Å². The van der Waals surface area contributed by atoms with E-state index < -0.39 is 6.03 Å². The van der Waals surface area contributed by atoms with Crippen LogP contribution >= 0.6 is 0 Å². The predicted octanol–water partition coefficient (Wildman–Crippen LogP) is 2.51. The predicted molar refractivity (Wildman–Crippen MR) is 105 cm³/mol. The fourth-order valence-electron chi connectivity index (χ4n) is 1.92. The van der Waals surface area contributed by atoms with Gasteiger partial charge in [-0.25, -0.2) is 9.59 Å². The van der Waals surface area contributed by atoms with Crippen molar-refractivity contribution in [3.63, 3.8) is 0 Å². The Bertz CT molecular complexity index is 959. The van der Waals surface area contributed by atoms with Crippen LogP contribution in [0.1, 0.15) is 10.4 Å². The van der Waals surface area contributed by atoms with Crippen molar-refractivity contribution >= 4 is 17.7 Å². The van der Waals surface area contributed by atoms with E-state index in [4.69, 9.17) is 21.0 Å². The third-order valence-corrected chi connectivity index (χ3v) is 3.29. The summed E-state index contributed by atoms with van der Waals surface area (Å²) in [7, 11) is 2.84. The summed E-state index contributed by atoms with van der Waals surface area (Å²) in [6.45, 7) is 0. The maximum Gasteiger partial charge on any atom is 0.337 e.